The van der Waals surface area contributed by atoms with Crippen molar-refractivity contribution in [2.75, 3.05) is 6.61 Å². The lowest BCUT2D eigenvalue weighted by atomic mass is 10.1. The summed E-state index contributed by atoms with van der Waals surface area (Å²) in [5.41, 5.74) is 1.80. The summed E-state index contributed by atoms with van der Waals surface area (Å²) in [7, 11) is 0. The molecule has 0 fully saturated rings. The molecule has 0 atom stereocenters. The maximum atomic E-state index is 10.9. The van der Waals surface area contributed by atoms with Gasteiger partial charge in [0.1, 0.15) is 17.9 Å². The standard InChI is InChI=1S/C15H19ClN2O2/c16-12-7-5-8-13-15(12)18-14(17-13)9-4-2-1-3-6-11(20)10-19/h5,7-8,19H,1-4,6,9-10H2,(H,17,18). The third-order valence-electron chi connectivity index (χ3n) is 3.31. The summed E-state index contributed by atoms with van der Waals surface area (Å²) in [6, 6.07) is 5.72. The summed E-state index contributed by atoms with van der Waals surface area (Å²) in [6.07, 6.45) is 5.32. The van der Waals surface area contributed by atoms with Gasteiger partial charge in [0.2, 0.25) is 0 Å². The van der Waals surface area contributed by atoms with E-state index in [2.05, 4.69) is 9.97 Å². The van der Waals surface area contributed by atoms with Crippen molar-refractivity contribution in [1.29, 1.82) is 0 Å². The Balaban J connectivity index is 1.73. The first kappa shape index (κ1) is 15.0. The van der Waals surface area contributed by atoms with E-state index in [9.17, 15) is 4.79 Å². The van der Waals surface area contributed by atoms with Crippen LogP contribution in [0.5, 0.6) is 0 Å². The fraction of sp³-hybridized carbons (Fsp3) is 0.467. The van der Waals surface area contributed by atoms with Gasteiger partial charge in [0.25, 0.3) is 0 Å². The molecule has 1 aromatic heterocycles. The maximum Gasteiger partial charge on any atom is 0.158 e. The number of hydrogen-bond acceptors (Lipinski definition) is 3. The topological polar surface area (TPSA) is 66.0 Å². The molecule has 0 aliphatic heterocycles. The van der Waals surface area contributed by atoms with Crippen LogP contribution in [-0.2, 0) is 11.2 Å². The number of nitrogens with one attached hydrogen (secondary N) is 1. The predicted octanol–water partition coefficient (Wildman–Crippen LogP) is 3.27. The van der Waals surface area contributed by atoms with Crippen molar-refractivity contribution < 1.29 is 9.90 Å². The average Bonchev–Trinajstić information content (AvgIpc) is 2.86. The van der Waals surface area contributed by atoms with Gasteiger partial charge in [0.15, 0.2) is 5.78 Å². The number of hydrogen-bond donors (Lipinski definition) is 2. The number of carbonyl (C=O) groups excluding carboxylic acids is 1. The van der Waals surface area contributed by atoms with E-state index in [-0.39, 0.29) is 12.4 Å². The Morgan fingerprint density at radius 3 is 2.80 bits per heavy atom. The molecule has 2 rings (SSSR count). The molecule has 1 heterocycles. The number of aromatic nitrogens is 2. The first-order chi connectivity index (χ1) is 9.70. The highest BCUT2D eigenvalue weighted by Crippen LogP contribution is 2.21. The fourth-order valence-corrected chi connectivity index (χ4v) is 2.43. The van der Waals surface area contributed by atoms with Gasteiger partial charge in [-0.2, -0.15) is 0 Å². The Labute approximate surface area is 123 Å². The number of Topliss-reactive ketones (excluding diaryl/α,β-unsaturated/α-hetero) is 1. The number of aliphatic hydroxyl groups is 1. The summed E-state index contributed by atoms with van der Waals surface area (Å²) in [5.74, 6) is 0.886. The molecule has 0 saturated carbocycles. The smallest absolute Gasteiger partial charge is 0.158 e. The molecule has 20 heavy (non-hydrogen) atoms. The Bertz CT molecular complexity index is 580. The molecule has 4 nitrogen and oxygen atoms in total. The molecule has 0 radical (unpaired) electrons. The number of H-pyrrole nitrogens is 1. The summed E-state index contributed by atoms with van der Waals surface area (Å²) in [5, 5.41) is 9.28. The number of fused-ring (bicyclic) bond motifs is 1. The number of aromatic amines is 1. The van der Waals surface area contributed by atoms with E-state index in [4.69, 9.17) is 16.7 Å². The molecule has 5 heteroatoms. The molecular weight excluding hydrogens is 276 g/mol. The Kier molecular flexibility index (Phi) is 5.56. The van der Waals surface area contributed by atoms with Crippen LogP contribution in [0.1, 0.15) is 37.9 Å². The van der Waals surface area contributed by atoms with Crippen LogP contribution >= 0.6 is 11.6 Å². The summed E-state index contributed by atoms with van der Waals surface area (Å²) in [6.45, 7) is -0.334. The zero-order chi connectivity index (χ0) is 14.4. The maximum absolute atomic E-state index is 10.9. The van der Waals surface area contributed by atoms with Gasteiger partial charge in [-0.3, -0.25) is 4.79 Å². The zero-order valence-corrected chi connectivity index (χ0v) is 12.1. The zero-order valence-electron chi connectivity index (χ0n) is 11.4. The van der Waals surface area contributed by atoms with E-state index in [1.165, 1.54) is 0 Å². The van der Waals surface area contributed by atoms with E-state index in [1.54, 1.807) is 0 Å². The van der Waals surface area contributed by atoms with Crippen LogP contribution in [0.15, 0.2) is 18.2 Å². The number of unbranched alkanes of at least 4 members (excludes halogenated alkanes) is 3. The summed E-state index contributed by atoms with van der Waals surface area (Å²) in [4.78, 5) is 18.7. The van der Waals surface area contributed by atoms with Crippen molar-refractivity contribution >= 4 is 28.4 Å². The second-order valence-electron chi connectivity index (χ2n) is 4.93. The number of ketones is 1. The van der Waals surface area contributed by atoms with E-state index >= 15 is 0 Å². The highest BCUT2D eigenvalue weighted by atomic mass is 35.5. The number of para-hydroxylation sites is 1. The number of rotatable bonds is 8. The van der Waals surface area contributed by atoms with Crippen molar-refractivity contribution in [2.45, 2.75) is 38.5 Å². The van der Waals surface area contributed by atoms with Gasteiger partial charge in [-0.25, -0.2) is 4.98 Å². The molecule has 108 valence electrons. The number of imidazole rings is 1. The molecule has 2 aromatic rings. The van der Waals surface area contributed by atoms with Crippen molar-refractivity contribution in [3.8, 4) is 0 Å². The molecule has 0 aliphatic carbocycles. The van der Waals surface area contributed by atoms with E-state index < -0.39 is 0 Å². The van der Waals surface area contributed by atoms with Crippen molar-refractivity contribution in [3.05, 3.63) is 29.0 Å². The van der Waals surface area contributed by atoms with Gasteiger partial charge in [0, 0.05) is 12.8 Å². The van der Waals surface area contributed by atoms with Crippen LogP contribution < -0.4 is 0 Å². The first-order valence-corrected chi connectivity index (χ1v) is 7.34. The van der Waals surface area contributed by atoms with Gasteiger partial charge >= 0.3 is 0 Å². The highest BCUT2D eigenvalue weighted by Gasteiger charge is 2.05. The van der Waals surface area contributed by atoms with Gasteiger partial charge in [0.05, 0.1) is 10.5 Å². The molecule has 0 spiro atoms. The molecule has 0 saturated heterocycles. The van der Waals surface area contributed by atoms with Crippen LogP contribution in [0.4, 0.5) is 0 Å². The normalized spacial score (nSPS) is 11.1. The minimum atomic E-state index is -0.334. The van der Waals surface area contributed by atoms with E-state index in [0.717, 1.165) is 49.0 Å². The van der Waals surface area contributed by atoms with Crippen LogP contribution in [0.2, 0.25) is 5.02 Å². The van der Waals surface area contributed by atoms with Crippen LogP contribution in [0.3, 0.4) is 0 Å². The minimum Gasteiger partial charge on any atom is -0.389 e. The number of aryl methyl sites for hydroxylation is 1. The highest BCUT2D eigenvalue weighted by molar-refractivity contribution is 6.34. The van der Waals surface area contributed by atoms with Gasteiger partial charge in [-0.1, -0.05) is 30.5 Å². The average molecular weight is 295 g/mol. The summed E-state index contributed by atoms with van der Waals surface area (Å²) >= 11 is 6.08. The first-order valence-electron chi connectivity index (χ1n) is 6.96. The molecule has 2 N–H and O–H groups in total. The van der Waals surface area contributed by atoms with Gasteiger partial charge < -0.3 is 10.1 Å². The Morgan fingerprint density at radius 2 is 2.05 bits per heavy atom. The van der Waals surface area contributed by atoms with Crippen molar-refractivity contribution in [1.82, 2.24) is 9.97 Å². The molecule has 0 amide bonds. The summed E-state index contributed by atoms with van der Waals surface area (Å²) < 4.78 is 0. The lowest BCUT2D eigenvalue weighted by Gasteiger charge is -1.99. The number of aliphatic hydroxyl groups excluding tert-OH is 1. The largest absolute Gasteiger partial charge is 0.389 e. The molecular formula is C15H19ClN2O2. The number of benzene rings is 1. The quantitative estimate of drug-likeness (QED) is 0.734. The van der Waals surface area contributed by atoms with Crippen LogP contribution in [-0.4, -0.2) is 27.5 Å². The second kappa shape index (κ2) is 7.41. The lowest BCUT2D eigenvalue weighted by molar-refractivity contribution is -0.121. The van der Waals surface area contributed by atoms with E-state index in [0.29, 0.717) is 11.4 Å². The number of carbonyl (C=O) groups is 1. The molecule has 0 unspecified atom stereocenters. The van der Waals surface area contributed by atoms with Crippen molar-refractivity contribution in [2.24, 2.45) is 0 Å². The third-order valence-corrected chi connectivity index (χ3v) is 3.61. The molecule has 1 aromatic carbocycles. The van der Waals surface area contributed by atoms with Gasteiger partial charge in [-0.15, -0.1) is 0 Å². The van der Waals surface area contributed by atoms with Crippen LogP contribution in [0, 0.1) is 0 Å². The van der Waals surface area contributed by atoms with Gasteiger partial charge in [-0.05, 0) is 25.0 Å². The predicted molar refractivity (Wildman–Crippen MR) is 80.0 cm³/mol. The molecule has 0 bridgehead atoms. The van der Waals surface area contributed by atoms with E-state index in [1.807, 2.05) is 18.2 Å². The van der Waals surface area contributed by atoms with Crippen molar-refractivity contribution in [3.63, 3.8) is 0 Å². The Morgan fingerprint density at radius 1 is 1.25 bits per heavy atom. The number of halogens is 1. The number of nitrogens with zero attached hydrogens (tertiary/aromatic N) is 1. The monoisotopic (exact) mass is 294 g/mol. The second-order valence-corrected chi connectivity index (χ2v) is 5.34. The fourth-order valence-electron chi connectivity index (χ4n) is 2.21. The van der Waals surface area contributed by atoms with Crippen LogP contribution in [0.25, 0.3) is 11.0 Å². The third kappa shape index (κ3) is 4.05. The SMILES string of the molecule is O=C(CO)CCCCCCc1nc2c(Cl)cccc2[nH]1. The minimum absolute atomic E-state index is 0.0723. The Hall–Kier alpha value is -1.39. The molecule has 0 aliphatic rings. The lowest BCUT2D eigenvalue weighted by Crippen LogP contribution is -2.02.